The van der Waals surface area contributed by atoms with E-state index in [2.05, 4.69) is 9.97 Å². The fraction of sp³-hybridized carbons (Fsp3) is 0.333. The monoisotopic (exact) mass is 316 g/mol. The van der Waals surface area contributed by atoms with E-state index >= 15 is 0 Å². The molecular formula is C15H16N4O4. The molecule has 0 aromatic carbocycles. The number of methoxy groups -OCH3 is 1. The van der Waals surface area contributed by atoms with E-state index in [4.69, 9.17) is 9.15 Å². The standard InChI is InChI=1S/C15H16N4O4/c1-22-13-9-11(16-10-17-13)14(20)18-4-6-19(7-5-18)15(21)12-3-2-8-23-12/h2-3,8-10H,4-7H2,1H3. The molecule has 1 aliphatic heterocycles. The summed E-state index contributed by atoms with van der Waals surface area (Å²) in [6, 6.07) is 4.81. The van der Waals surface area contributed by atoms with Gasteiger partial charge in [0.05, 0.1) is 13.4 Å². The van der Waals surface area contributed by atoms with E-state index in [1.54, 1.807) is 21.9 Å². The Hall–Kier alpha value is -2.90. The molecule has 1 fully saturated rings. The number of amides is 2. The second-order valence-corrected chi connectivity index (χ2v) is 5.01. The van der Waals surface area contributed by atoms with Crippen LogP contribution in [0.15, 0.2) is 35.2 Å². The Kier molecular flexibility index (Phi) is 4.22. The van der Waals surface area contributed by atoms with Gasteiger partial charge in [0.15, 0.2) is 5.76 Å². The molecular weight excluding hydrogens is 300 g/mol. The topological polar surface area (TPSA) is 88.8 Å². The Morgan fingerprint density at radius 3 is 2.43 bits per heavy atom. The summed E-state index contributed by atoms with van der Waals surface area (Å²) in [7, 11) is 1.48. The molecule has 8 nitrogen and oxygen atoms in total. The van der Waals surface area contributed by atoms with Gasteiger partial charge < -0.3 is 19.0 Å². The van der Waals surface area contributed by atoms with Crippen LogP contribution < -0.4 is 4.74 Å². The molecule has 0 N–H and O–H groups in total. The number of piperazine rings is 1. The molecule has 120 valence electrons. The van der Waals surface area contributed by atoms with Crippen LogP contribution in [-0.4, -0.2) is 64.9 Å². The number of rotatable bonds is 3. The van der Waals surface area contributed by atoms with Crippen molar-refractivity contribution >= 4 is 11.8 Å². The van der Waals surface area contributed by atoms with Gasteiger partial charge in [-0.25, -0.2) is 9.97 Å². The van der Waals surface area contributed by atoms with Crippen molar-refractivity contribution in [3.63, 3.8) is 0 Å². The predicted octanol–water partition coefficient (Wildman–Crippen LogP) is 0.676. The van der Waals surface area contributed by atoms with Crippen LogP contribution in [0.4, 0.5) is 0 Å². The maximum absolute atomic E-state index is 12.4. The average Bonchev–Trinajstić information content (AvgIpc) is 3.15. The minimum Gasteiger partial charge on any atom is -0.481 e. The summed E-state index contributed by atoms with van der Waals surface area (Å²) < 4.78 is 10.1. The van der Waals surface area contributed by atoms with Gasteiger partial charge in [-0.2, -0.15) is 0 Å². The number of hydrogen-bond donors (Lipinski definition) is 0. The lowest BCUT2D eigenvalue weighted by atomic mass is 10.2. The fourth-order valence-corrected chi connectivity index (χ4v) is 2.40. The van der Waals surface area contributed by atoms with Crippen LogP contribution >= 0.6 is 0 Å². The second kappa shape index (κ2) is 6.47. The van der Waals surface area contributed by atoms with Crippen molar-refractivity contribution in [1.82, 2.24) is 19.8 Å². The number of nitrogens with zero attached hydrogens (tertiary/aromatic N) is 4. The first-order chi connectivity index (χ1) is 11.2. The summed E-state index contributed by atoms with van der Waals surface area (Å²) in [6.45, 7) is 1.79. The molecule has 0 bridgehead atoms. The summed E-state index contributed by atoms with van der Waals surface area (Å²) in [5, 5.41) is 0. The Balaban J connectivity index is 1.62. The molecule has 3 rings (SSSR count). The Bertz CT molecular complexity index is 693. The van der Waals surface area contributed by atoms with Gasteiger partial charge in [0.25, 0.3) is 11.8 Å². The average molecular weight is 316 g/mol. The zero-order chi connectivity index (χ0) is 16.2. The van der Waals surface area contributed by atoms with Crippen LogP contribution in [0.2, 0.25) is 0 Å². The van der Waals surface area contributed by atoms with Gasteiger partial charge in [-0.1, -0.05) is 0 Å². The van der Waals surface area contributed by atoms with E-state index in [0.717, 1.165) is 0 Å². The molecule has 0 spiro atoms. The first-order valence-electron chi connectivity index (χ1n) is 7.17. The quantitative estimate of drug-likeness (QED) is 0.827. The van der Waals surface area contributed by atoms with Crippen LogP contribution in [0.5, 0.6) is 5.88 Å². The summed E-state index contributed by atoms with van der Waals surface area (Å²) in [6.07, 6.45) is 2.76. The van der Waals surface area contributed by atoms with Gasteiger partial charge in [0.2, 0.25) is 5.88 Å². The van der Waals surface area contributed by atoms with Crippen molar-refractivity contribution in [2.45, 2.75) is 0 Å². The maximum atomic E-state index is 12.4. The van der Waals surface area contributed by atoms with Crippen LogP contribution in [0.3, 0.4) is 0 Å². The molecule has 2 aromatic rings. The van der Waals surface area contributed by atoms with Crippen molar-refractivity contribution in [2.24, 2.45) is 0 Å². The van der Waals surface area contributed by atoms with E-state index in [0.29, 0.717) is 37.8 Å². The van der Waals surface area contributed by atoms with Gasteiger partial charge in [0.1, 0.15) is 12.0 Å². The van der Waals surface area contributed by atoms with Crippen molar-refractivity contribution < 1.29 is 18.7 Å². The molecule has 0 aliphatic carbocycles. The normalized spacial score (nSPS) is 14.7. The first-order valence-corrected chi connectivity index (χ1v) is 7.17. The molecule has 2 aromatic heterocycles. The smallest absolute Gasteiger partial charge is 0.289 e. The van der Waals surface area contributed by atoms with Crippen molar-refractivity contribution in [3.8, 4) is 5.88 Å². The zero-order valence-electron chi connectivity index (χ0n) is 12.6. The lowest BCUT2D eigenvalue weighted by Crippen LogP contribution is -2.50. The largest absolute Gasteiger partial charge is 0.481 e. The van der Waals surface area contributed by atoms with E-state index in [1.165, 1.54) is 25.8 Å². The van der Waals surface area contributed by atoms with Crippen LogP contribution in [0, 0.1) is 0 Å². The summed E-state index contributed by atoms with van der Waals surface area (Å²) >= 11 is 0. The highest BCUT2D eigenvalue weighted by atomic mass is 16.5. The molecule has 3 heterocycles. The predicted molar refractivity (Wildman–Crippen MR) is 79.1 cm³/mol. The van der Waals surface area contributed by atoms with E-state index in [9.17, 15) is 9.59 Å². The zero-order valence-corrected chi connectivity index (χ0v) is 12.6. The first kappa shape index (κ1) is 15.0. The highest BCUT2D eigenvalue weighted by molar-refractivity contribution is 5.93. The summed E-state index contributed by atoms with van der Waals surface area (Å²) in [4.78, 5) is 35.8. The van der Waals surface area contributed by atoms with Crippen LogP contribution in [0.25, 0.3) is 0 Å². The third kappa shape index (κ3) is 3.15. The summed E-state index contributed by atoms with van der Waals surface area (Å²) in [5.41, 5.74) is 0.280. The number of hydrogen-bond acceptors (Lipinski definition) is 6. The highest BCUT2D eigenvalue weighted by Gasteiger charge is 2.27. The molecule has 0 atom stereocenters. The molecule has 2 amide bonds. The second-order valence-electron chi connectivity index (χ2n) is 5.01. The Morgan fingerprint density at radius 2 is 1.83 bits per heavy atom. The number of aromatic nitrogens is 2. The molecule has 8 heteroatoms. The number of ether oxygens (including phenoxy) is 1. The SMILES string of the molecule is COc1cc(C(=O)N2CCN(C(=O)c3ccco3)CC2)ncn1. The third-order valence-corrected chi connectivity index (χ3v) is 3.66. The van der Waals surface area contributed by atoms with E-state index < -0.39 is 0 Å². The Labute approximate surface area is 132 Å². The van der Waals surface area contributed by atoms with E-state index in [1.807, 2.05) is 0 Å². The van der Waals surface area contributed by atoms with E-state index in [-0.39, 0.29) is 17.5 Å². The molecule has 0 saturated carbocycles. The molecule has 1 aliphatic rings. The lowest BCUT2D eigenvalue weighted by Gasteiger charge is -2.34. The highest BCUT2D eigenvalue weighted by Crippen LogP contribution is 2.13. The molecule has 1 saturated heterocycles. The maximum Gasteiger partial charge on any atom is 0.289 e. The van der Waals surface area contributed by atoms with Crippen LogP contribution in [0.1, 0.15) is 21.0 Å². The molecule has 0 radical (unpaired) electrons. The Morgan fingerprint density at radius 1 is 1.13 bits per heavy atom. The minimum atomic E-state index is -0.198. The van der Waals surface area contributed by atoms with Crippen molar-refractivity contribution in [3.05, 3.63) is 42.2 Å². The minimum absolute atomic E-state index is 0.161. The van der Waals surface area contributed by atoms with Gasteiger partial charge in [-0.05, 0) is 12.1 Å². The van der Waals surface area contributed by atoms with Gasteiger partial charge in [-0.3, -0.25) is 9.59 Å². The van der Waals surface area contributed by atoms with Crippen molar-refractivity contribution in [2.75, 3.05) is 33.3 Å². The van der Waals surface area contributed by atoms with Gasteiger partial charge in [-0.15, -0.1) is 0 Å². The third-order valence-electron chi connectivity index (χ3n) is 3.66. The fourth-order valence-electron chi connectivity index (χ4n) is 2.40. The van der Waals surface area contributed by atoms with Crippen LogP contribution in [-0.2, 0) is 0 Å². The van der Waals surface area contributed by atoms with Gasteiger partial charge >= 0.3 is 0 Å². The molecule has 0 unspecified atom stereocenters. The summed E-state index contributed by atoms with van der Waals surface area (Å²) in [5.74, 6) is 0.293. The number of furan rings is 1. The van der Waals surface area contributed by atoms with Crippen molar-refractivity contribution in [1.29, 1.82) is 0 Å². The lowest BCUT2D eigenvalue weighted by molar-refractivity contribution is 0.0515. The molecule has 23 heavy (non-hydrogen) atoms. The van der Waals surface area contributed by atoms with Gasteiger partial charge in [0, 0.05) is 32.2 Å². The number of carbonyl (C=O) groups excluding carboxylic acids is 2. The number of carbonyl (C=O) groups is 2.